The largest absolute Gasteiger partial charge is 0.324 e. The second kappa shape index (κ2) is 5.68. The molecule has 0 fully saturated rings. The van der Waals surface area contributed by atoms with E-state index in [0.29, 0.717) is 17.0 Å². The van der Waals surface area contributed by atoms with Crippen LogP contribution in [0.2, 0.25) is 5.02 Å². The minimum absolute atomic E-state index is 0.421. The Labute approximate surface area is 116 Å². The fraction of sp³-hybridized carbons (Fsp3) is 0.200. The third kappa shape index (κ3) is 3.31. The summed E-state index contributed by atoms with van der Waals surface area (Å²) < 4.78 is 26.0. The van der Waals surface area contributed by atoms with Gasteiger partial charge in [-0.15, -0.1) is 0 Å². The maximum absolute atomic E-state index is 13.2. The van der Waals surface area contributed by atoms with Crippen molar-refractivity contribution in [2.75, 3.05) is 0 Å². The Morgan fingerprint density at radius 1 is 1.11 bits per heavy atom. The summed E-state index contributed by atoms with van der Waals surface area (Å²) in [6, 6.07) is 8.98. The van der Waals surface area contributed by atoms with Gasteiger partial charge in [-0.05, 0) is 48.2 Å². The fourth-order valence-corrected chi connectivity index (χ4v) is 2.23. The molecule has 4 heteroatoms. The number of hydrogen-bond acceptors (Lipinski definition) is 1. The molecule has 19 heavy (non-hydrogen) atoms. The number of halogens is 3. The van der Waals surface area contributed by atoms with Gasteiger partial charge in [-0.25, -0.2) is 8.78 Å². The summed E-state index contributed by atoms with van der Waals surface area (Å²) in [4.78, 5) is 0. The zero-order chi connectivity index (χ0) is 14.0. The summed E-state index contributed by atoms with van der Waals surface area (Å²) >= 11 is 6.13. The van der Waals surface area contributed by atoms with Crippen LogP contribution in [0.25, 0.3) is 0 Å². The first kappa shape index (κ1) is 14.0. The molecule has 100 valence electrons. The first-order valence-electron chi connectivity index (χ1n) is 5.93. The number of benzene rings is 2. The smallest absolute Gasteiger partial charge is 0.159 e. The molecule has 0 heterocycles. The van der Waals surface area contributed by atoms with Gasteiger partial charge in [0, 0.05) is 11.1 Å². The van der Waals surface area contributed by atoms with E-state index in [4.69, 9.17) is 17.3 Å². The average Bonchev–Trinajstić information content (AvgIpc) is 2.36. The van der Waals surface area contributed by atoms with Crippen molar-refractivity contribution in [1.29, 1.82) is 0 Å². The van der Waals surface area contributed by atoms with Gasteiger partial charge < -0.3 is 5.73 Å². The van der Waals surface area contributed by atoms with Gasteiger partial charge in [-0.1, -0.05) is 29.8 Å². The summed E-state index contributed by atoms with van der Waals surface area (Å²) in [5.41, 5.74) is 8.51. The second-order valence-corrected chi connectivity index (χ2v) is 4.99. The Hall–Kier alpha value is -1.45. The third-order valence-corrected chi connectivity index (χ3v) is 3.37. The first-order valence-corrected chi connectivity index (χ1v) is 6.30. The molecule has 0 aliphatic carbocycles. The molecule has 0 aromatic heterocycles. The zero-order valence-corrected chi connectivity index (χ0v) is 11.2. The van der Waals surface area contributed by atoms with E-state index < -0.39 is 17.7 Å². The van der Waals surface area contributed by atoms with E-state index in [1.54, 1.807) is 0 Å². The minimum Gasteiger partial charge on any atom is -0.324 e. The van der Waals surface area contributed by atoms with Gasteiger partial charge in [-0.2, -0.15) is 0 Å². The lowest BCUT2D eigenvalue weighted by atomic mass is 9.99. The molecule has 0 saturated heterocycles. The van der Waals surface area contributed by atoms with Crippen LogP contribution in [-0.2, 0) is 6.42 Å². The highest BCUT2D eigenvalue weighted by Crippen LogP contribution is 2.24. The normalized spacial score (nSPS) is 12.5. The number of nitrogens with two attached hydrogens (primary N) is 1. The number of aryl methyl sites for hydroxylation is 1. The highest BCUT2D eigenvalue weighted by molar-refractivity contribution is 6.31. The second-order valence-electron chi connectivity index (χ2n) is 4.58. The molecule has 0 bridgehead atoms. The minimum atomic E-state index is -0.886. The summed E-state index contributed by atoms with van der Waals surface area (Å²) in [6.45, 7) is 1.95. The van der Waals surface area contributed by atoms with Crippen molar-refractivity contribution >= 4 is 11.6 Å². The van der Waals surface area contributed by atoms with Crippen LogP contribution in [0.15, 0.2) is 36.4 Å². The molecule has 1 unspecified atom stereocenters. The van der Waals surface area contributed by atoms with Gasteiger partial charge in [0.25, 0.3) is 0 Å². The van der Waals surface area contributed by atoms with Crippen LogP contribution < -0.4 is 5.73 Å². The van der Waals surface area contributed by atoms with Crippen LogP contribution in [0.3, 0.4) is 0 Å². The molecule has 2 aromatic rings. The molecule has 0 amide bonds. The molecular formula is C15H14ClF2N. The van der Waals surface area contributed by atoms with E-state index in [2.05, 4.69) is 0 Å². The topological polar surface area (TPSA) is 26.0 Å². The van der Waals surface area contributed by atoms with E-state index in [0.717, 1.165) is 23.3 Å². The quantitative estimate of drug-likeness (QED) is 0.898. The molecule has 2 rings (SSSR count). The van der Waals surface area contributed by atoms with Crippen molar-refractivity contribution in [3.05, 3.63) is 69.7 Å². The summed E-state index contributed by atoms with van der Waals surface area (Å²) in [6.07, 6.45) is 0.476. The van der Waals surface area contributed by atoms with Crippen molar-refractivity contribution < 1.29 is 8.78 Å². The standard InChI is InChI=1S/C15H14ClF2N/c1-9-2-3-10(12(16)6-9)8-15(19)11-4-5-13(17)14(18)7-11/h2-7,15H,8,19H2,1H3. The van der Waals surface area contributed by atoms with E-state index in [9.17, 15) is 8.78 Å². The molecule has 0 saturated carbocycles. The molecule has 0 radical (unpaired) electrons. The maximum Gasteiger partial charge on any atom is 0.159 e. The molecule has 0 aliphatic rings. The Morgan fingerprint density at radius 2 is 1.84 bits per heavy atom. The molecular weight excluding hydrogens is 268 g/mol. The lowest BCUT2D eigenvalue weighted by Gasteiger charge is -2.14. The predicted octanol–water partition coefficient (Wildman–Crippen LogP) is 4.17. The maximum atomic E-state index is 13.2. The SMILES string of the molecule is Cc1ccc(CC(N)c2ccc(F)c(F)c2)c(Cl)c1. The van der Waals surface area contributed by atoms with Gasteiger partial charge in [0.2, 0.25) is 0 Å². The van der Waals surface area contributed by atoms with E-state index in [1.165, 1.54) is 6.07 Å². The third-order valence-electron chi connectivity index (χ3n) is 3.02. The Balaban J connectivity index is 2.20. The van der Waals surface area contributed by atoms with Gasteiger partial charge in [0.15, 0.2) is 11.6 Å². The van der Waals surface area contributed by atoms with Crippen LogP contribution in [0.5, 0.6) is 0 Å². The summed E-state index contributed by atoms with van der Waals surface area (Å²) in [5.74, 6) is -1.76. The van der Waals surface area contributed by atoms with Crippen molar-refractivity contribution in [3.63, 3.8) is 0 Å². The van der Waals surface area contributed by atoms with Crippen LogP contribution in [0.4, 0.5) is 8.78 Å². The van der Waals surface area contributed by atoms with Crippen LogP contribution in [0, 0.1) is 18.6 Å². The first-order chi connectivity index (χ1) is 8.97. The predicted molar refractivity (Wildman–Crippen MR) is 73.2 cm³/mol. The summed E-state index contributed by atoms with van der Waals surface area (Å²) in [5, 5.41) is 0.637. The van der Waals surface area contributed by atoms with Gasteiger partial charge in [-0.3, -0.25) is 0 Å². The van der Waals surface area contributed by atoms with Crippen molar-refractivity contribution in [1.82, 2.24) is 0 Å². The van der Waals surface area contributed by atoms with Gasteiger partial charge in [0.05, 0.1) is 0 Å². The highest BCUT2D eigenvalue weighted by Gasteiger charge is 2.12. The molecule has 1 atom stereocenters. The van der Waals surface area contributed by atoms with E-state index in [-0.39, 0.29) is 0 Å². The van der Waals surface area contributed by atoms with Crippen molar-refractivity contribution in [2.24, 2.45) is 5.73 Å². The number of rotatable bonds is 3. The molecule has 2 aromatic carbocycles. The Bertz CT molecular complexity index is 599. The Kier molecular flexibility index (Phi) is 4.17. The summed E-state index contributed by atoms with van der Waals surface area (Å²) in [7, 11) is 0. The van der Waals surface area contributed by atoms with Gasteiger partial charge >= 0.3 is 0 Å². The van der Waals surface area contributed by atoms with Crippen molar-refractivity contribution in [3.8, 4) is 0 Å². The zero-order valence-electron chi connectivity index (χ0n) is 10.5. The number of hydrogen-bond donors (Lipinski definition) is 1. The van der Waals surface area contributed by atoms with Crippen LogP contribution >= 0.6 is 11.6 Å². The van der Waals surface area contributed by atoms with E-state index in [1.807, 2.05) is 25.1 Å². The van der Waals surface area contributed by atoms with Crippen molar-refractivity contribution in [2.45, 2.75) is 19.4 Å². The molecule has 0 aliphatic heterocycles. The molecule has 1 nitrogen and oxygen atoms in total. The molecule has 2 N–H and O–H groups in total. The van der Waals surface area contributed by atoms with Crippen LogP contribution in [0.1, 0.15) is 22.7 Å². The lowest BCUT2D eigenvalue weighted by molar-refractivity contribution is 0.505. The molecule has 0 spiro atoms. The van der Waals surface area contributed by atoms with Crippen LogP contribution in [-0.4, -0.2) is 0 Å². The average molecular weight is 282 g/mol. The lowest BCUT2D eigenvalue weighted by Crippen LogP contribution is -2.14. The highest BCUT2D eigenvalue weighted by atomic mass is 35.5. The fourth-order valence-electron chi connectivity index (χ4n) is 1.92. The van der Waals surface area contributed by atoms with E-state index >= 15 is 0 Å². The Morgan fingerprint density at radius 3 is 2.47 bits per heavy atom. The monoisotopic (exact) mass is 281 g/mol. The van der Waals surface area contributed by atoms with Gasteiger partial charge in [0.1, 0.15) is 0 Å².